The van der Waals surface area contributed by atoms with Crippen LogP contribution in [0.2, 0.25) is 0 Å². The van der Waals surface area contributed by atoms with Gasteiger partial charge in [-0.3, -0.25) is 9.78 Å². The fraction of sp³-hybridized carbons (Fsp3) is 0.417. The van der Waals surface area contributed by atoms with E-state index in [-0.39, 0.29) is 5.92 Å². The summed E-state index contributed by atoms with van der Waals surface area (Å²) in [6.07, 6.45) is 0. The Kier molecular flexibility index (Phi) is 3.32. The van der Waals surface area contributed by atoms with E-state index in [1.807, 2.05) is 13.8 Å². The monoisotopic (exact) mass is 282 g/mol. The highest BCUT2D eigenvalue weighted by Gasteiger charge is 2.20. The van der Waals surface area contributed by atoms with E-state index in [4.69, 9.17) is 5.11 Å². The van der Waals surface area contributed by atoms with Crippen LogP contribution in [0.15, 0.2) is 15.7 Å². The average Bonchev–Trinajstić information content (AvgIpc) is 2.72. The Balaban J connectivity index is 2.78. The van der Waals surface area contributed by atoms with Crippen LogP contribution in [0.3, 0.4) is 0 Å². The van der Waals surface area contributed by atoms with Crippen LogP contribution in [0.1, 0.15) is 37.6 Å². The summed E-state index contributed by atoms with van der Waals surface area (Å²) in [6.45, 7) is 5.28. The van der Waals surface area contributed by atoms with Gasteiger partial charge in [0, 0.05) is 4.88 Å². The zero-order chi connectivity index (χ0) is 14.3. The zero-order valence-corrected chi connectivity index (χ0v) is 11.6. The van der Waals surface area contributed by atoms with Crippen LogP contribution in [-0.4, -0.2) is 20.6 Å². The second kappa shape index (κ2) is 4.65. The number of rotatable bonds is 3. The molecule has 0 aliphatic carbocycles. The molecule has 2 heterocycles. The highest BCUT2D eigenvalue weighted by atomic mass is 32.1. The number of nitrogens with one attached hydrogen (secondary N) is 1. The van der Waals surface area contributed by atoms with Gasteiger partial charge in [0.05, 0.1) is 5.39 Å². The normalized spacial score (nSPS) is 13.1. The maximum atomic E-state index is 12.2. The number of hydrogen-bond donors (Lipinski definition) is 2. The largest absolute Gasteiger partial charge is 0.480 e. The third-order valence-electron chi connectivity index (χ3n) is 2.95. The van der Waals surface area contributed by atoms with Crippen molar-refractivity contribution in [3.05, 3.63) is 31.8 Å². The molecule has 7 heteroatoms. The lowest BCUT2D eigenvalue weighted by molar-refractivity contribution is -0.140. The van der Waals surface area contributed by atoms with E-state index in [0.29, 0.717) is 10.2 Å². The quantitative estimate of drug-likeness (QED) is 0.892. The van der Waals surface area contributed by atoms with Gasteiger partial charge in [-0.15, -0.1) is 11.3 Å². The molecule has 0 bridgehead atoms. The number of carbonyl (C=O) groups is 1. The molecule has 2 aromatic heterocycles. The minimum Gasteiger partial charge on any atom is -0.480 e. The van der Waals surface area contributed by atoms with Gasteiger partial charge in [-0.05, 0) is 18.9 Å². The molecule has 0 saturated carbocycles. The van der Waals surface area contributed by atoms with Gasteiger partial charge in [-0.25, -0.2) is 14.2 Å². The first kappa shape index (κ1) is 13.5. The van der Waals surface area contributed by atoms with Crippen LogP contribution in [0.5, 0.6) is 0 Å². The smallest absolute Gasteiger partial charge is 0.330 e. The second-order valence-corrected chi connectivity index (χ2v) is 5.75. The van der Waals surface area contributed by atoms with Crippen LogP contribution in [-0.2, 0) is 4.79 Å². The molecule has 6 nitrogen and oxygen atoms in total. The molecular formula is C12H14N2O4S. The van der Waals surface area contributed by atoms with Crippen LogP contribution in [0.25, 0.3) is 10.2 Å². The average molecular weight is 282 g/mol. The van der Waals surface area contributed by atoms with E-state index in [1.165, 1.54) is 18.3 Å². The summed E-state index contributed by atoms with van der Waals surface area (Å²) in [7, 11) is 0. The summed E-state index contributed by atoms with van der Waals surface area (Å²) < 4.78 is 0.738. The highest BCUT2D eigenvalue weighted by Crippen LogP contribution is 2.26. The minimum absolute atomic E-state index is 0.241. The number of carboxylic acids is 1. The second-order valence-electron chi connectivity index (χ2n) is 4.67. The van der Waals surface area contributed by atoms with Crippen LogP contribution < -0.4 is 11.2 Å². The molecule has 0 aromatic carbocycles. The van der Waals surface area contributed by atoms with Crippen LogP contribution in [0, 0.1) is 0 Å². The Labute approximate surface area is 112 Å². The number of fused-ring (bicyclic) bond motifs is 1. The Morgan fingerprint density at radius 1 is 1.37 bits per heavy atom. The van der Waals surface area contributed by atoms with E-state index < -0.39 is 23.3 Å². The summed E-state index contributed by atoms with van der Waals surface area (Å²) in [5.41, 5.74) is -1.25. The number of thiophene rings is 1. The molecule has 0 spiro atoms. The molecule has 1 atom stereocenters. The Morgan fingerprint density at radius 3 is 2.53 bits per heavy atom. The number of aliphatic carboxylic acids is 1. The lowest BCUT2D eigenvalue weighted by Gasteiger charge is -2.08. The Hall–Kier alpha value is -1.89. The third kappa shape index (κ3) is 2.21. The molecule has 0 fully saturated rings. The van der Waals surface area contributed by atoms with Crippen molar-refractivity contribution in [3.8, 4) is 0 Å². The predicted molar refractivity (Wildman–Crippen MR) is 73.1 cm³/mol. The third-order valence-corrected chi connectivity index (χ3v) is 4.30. The van der Waals surface area contributed by atoms with Gasteiger partial charge in [-0.1, -0.05) is 13.8 Å². The molecule has 2 N–H and O–H groups in total. The van der Waals surface area contributed by atoms with E-state index in [0.717, 1.165) is 9.44 Å². The zero-order valence-electron chi connectivity index (χ0n) is 10.8. The lowest BCUT2D eigenvalue weighted by atomic mass is 10.2. The number of aromatic amines is 1. The van der Waals surface area contributed by atoms with Gasteiger partial charge in [0.1, 0.15) is 10.9 Å². The summed E-state index contributed by atoms with van der Waals surface area (Å²) in [5.74, 6) is -0.975. The van der Waals surface area contributed by atoms with E-state index in [9.17, 15) is 14.4 Å². The van der Waals surface area contributed by atoms with Crippen molar-refractivity contribution in [1.29, 1.82) is 0 Å². The van der Waals surface area contributed by atoms with Gasteiger partial charge in [0.2, 0.25) is 0 Å². The predicted octanol–water partition coefficient (Wildman–Crippen LogP) is 1.52. The van der Waals surface area contributed by atoms with E-state index in [2.05, 4.69) is 4.98 Å². The van der Waals surface area contributed by atoms with Gasteiger partial charge in [0.25, 0.3) is 5.56 Å². The van der Waals surface area contributed by atoms with E-state index in [1.54, 1.807) is 6.07 Å². The van der Waals surface area contributed by atoms with Crippen molar-refractivity contribution in [3.63, 3.8) is 0 Å². The Morgan fingerprint density at radius 2 is 2.00 bits per heavy atom. The maximum absolute atomic E-state index is 12.2. The number of nitrogens with zero attached hydrogens (tertiary/aromatic N) is 1. The van der Waals surface area contributed by atoms with Gasteiger partial charge < -0.3 is 5.11 Å². The number of H-pyrrole nitrogens is 1. The minimum atomic E-state index is -1.22. The van der Waals surface area contributed by atoms with Gasteiger partial charge in [0.15, 0.2) is 0 Å². The SMILES string of the molecule is CC(C)c1cc2c(=O)n(C(C)C(=O)O)c(=O)[nH]c2s1. The first-order chi connectivity index (χ1) is 8.82. The molecule has 0 aliphatic heterocycles. The fourth-order valence-corrected chi connectivity index (χ4v) is 2.83. The van der Waals surface area contributed by atoms with Crippen molar-refractivity contribution >= 4 is 27.5 Å². The van der Waals surface area contributed by atoms with Crippen molar-refractivity contribution < 1.29 is 9.90 Å². The lowest BCUT2D eigenvalue weighted by Crippen LogP contribution is -2.39. The fourth-order valence-electron chi connectivity index (χ4n) is 1.79. The molecule has 102 valence electrons. The summed E-state index contributed by atoms with van der Waals surface area (Å²) in [4.78, 5) is 39.0. The van der Waals surface area contributed by atoms with E-state index >= 15 is 0 Å². The van der Waals surface area contributed by atoms with Crippen LogP contribution >= 0.6 is 11.3 Å². The number of aromatic nitrogens is 2. The topological polar surface area (TPSA) is 92.2 Å². The molecular weight excluding hydrogens is 268 g/mol. The van der Waals surface area contributed by atoms with Crippen molar-refractivity contribution in [2.75, 3.05) is 0 Å². The van der Waals surface area contributed by atoms with Crippen molar-refractivity contribution in [2.24, 2.45) is 0 Å². The molecule has 0 amide bonds. The molecule has 0 saturated heterocycles. The molecule has 2 rings (SSSR count). The summed E-state index contributed by atoms with van der Waals surface area (Å²) >= 11 is 1.35. The first-order valence-electron chi connectivity index (χ1n) is 5.84. The van der Waals surface area contributed by atoms with Crippen LogP contribution in [0.4, 0.5) is 0 Å². The first-order valence-corrected chi connectivity index (χ1v) is 6.65. The maximum Gasteiger partial charge on any atom is 0.330 e. The molecule has 2 aromatic rings. The molecule has 19 heavy (non-hydrogen) atoms. The number of hydrogen-bond acceptors (Lipinski definition) is 4. The molecule has 0 radical (unpaired) electrons. The molecule has 1 unspecified atom stereocenters. The summed E-state index contributed by atoms with van der Waals surface area (Å²) in [5, 5.41) is 9.30. The highest BCUT2D eigenvalue weighted by molar-refractivity contribution is 7.18. The Bertz CT molecular complexity index is 753. The standard InChI is InChI=1S/C12H14N2O4S/c1-5(2)8-4-7-9(19-8)13-12(18)14(10(7)15)6(3)11(16)17/h4-6H,1-3H3,(H,13,18)(H,16,17). The van der Waals surface area contributed by atoms with Crippen molar-refractivity contribution in [1.82, 2.24) is 9.55 Å². The van der Waals surface area contributed by atoms with Gasteiger partial charge in [-0.2, -0.15) is 0 Å². The summed E-state index contributed by atoms with van der Waals surface area (Å²) in [6, 6.07) is 0.525. The number of carboxylic acid groups (broad SMARTS) is 1. The van der Waals surface area contributed by atoms with Crippen molar-refractivity contribution in [2.45, 2.75) is 32.7 Å². The van der Waals surface area contributed by atoms with Gasteiger partial charge >= 0.3 is 11.7 Å². The molecule has 0 aliphatic rings.